The summed E-state index contributed by atoms with van der Waals surface area (Å²) in [6.07, 6.45) is 0. The van der Waals surface area contributed by atoms with Crippen molar-refractivity contribution in [3.8, 4) is 5.69 Å². The van der Waals surface area contributed by atoms with E-state index in [0.29, 0.717) is 11.0 Å². The minimum absolute atomic E-state index is 0.00853. The quantitative estimate of drug-likeness (QED) is 0.816. The van der Waals surface area contributed by atoms with Gasteiger partial charge in [0.25, 0.3) is 0 Å². The number of carbonyl (C=O) groups excluding carboxylic acids is 1. The van der Waals surface area contributed by atoms with Gasteiger partial charge >= 0.3 is 0 Å². The summed E-state index contributed by atoms with van der Waals surface area (Å²) < 4.78 is 15.0. The summed E-state index contributed by atoms with van der Waals surface area (Å²) in [7, 11) is 3.88. The van der Waals surface area contributed by atoms with Crippen LogP contribution in [-0.4, -0.2) is 44.9 Å². The van der Waals surface area contributed by atoms with Crippen LogP contribution < -0.4 is 5.73 Å². The zero-order chi connectivity index (χ0) is 17.1. The molecule has 0 fully saturated rings. The Kier molecular flexibility index (Phi) is 5.38. The number of rotatable bonds is 6. The van der Waals surface area contributed by atoms with Crippen LogP contribution in [0.5, 0.6) is 0 Å². The second-order valence-electron chi connectivity index (χ2n) is 5.45. The number of aromatic nitrogens is 3. The molecule has 2 N–H and O–H groups in total. The summed E-state index contributed by atoms with van der Waals surface area (Å²) in [4.78, 5) is 13.3. The maximum Gasteiger partial charge on any atom is 0.230 e. The third-order valence-electron chi connectivity index (χ3n) is 3.57. The third-order valence-corrected chi connectivity index (χ3v) is 4.64. The van der Waals surface area contributed by atoms with Gasteiger partial charge in [0.05, 0.1) is 11.3 Å². The highest BCUT2D eigenvalue weighted by atomic mass is 32.2. The molecule has 1 aromatic carbocycles. The van der Waals surface area contributed by atoms with Gasteiger partial charge in [-0.2, -0.15) is 0 Å². The predicted octanol–water partition coefficient (Wildman–Crippen LogP) is 1.99. The second kappa shape index (κ2) is 7.10. The normalized spacial score (nSPS) is 14.0. The zero-order valence-corrected chi connectivity index (χ0v) is 14.3. The predicted molar refractivity (Wildman–Crippen MR) is 87.9 cm³/mol. The van der Waals surface area contributed by atoms with Crippen molar-refractivity contribution in [3.05, 3.63) is 35.9 Å². The number of nitrogens with zero attached hydrogens (tertiary/aromatic N) is 4. The Bertz CT molecular complexity index is 686. The molecule has 6 nitrogen and oxygen atoms in total. The number of hydrogen-bond donors (Lipinski definition) is 1. The van der Waals surface area contributed by atoms with Crippen molar-refractivity contribution in [2.75, 3.05) is 14.1 Å². The van der Waals surface area contributed by atoms with Gasteiger partial charge in [-0.05, 0) is 52.2 Å². The smallest absolute Gasteiger partial charge is 0.230 e. The van der Waals surface area contributed by atoms with Crippen LogP contribution >= 0.6 is 11.8 Å². The summed E-state index contributed by atoms with van der Waals surface area (Å²) in [6.45, 7) is 3.71. The van der Waals surface area contributed by atoms with Gasteiger partial charge in [0.1, 0.15) is 5.82 Å². The topological polar surface area (TPSA) is 77.0 Å². The molecule has 0 bridgehead atoms. The Balaban J connectivity index is 2.51. The van der Waals surface area contributed by atoms with E-state index in [1.54, 1.807) is 19.1 Å². The molecule has 1 amide bonds. The molecule has 0 unspecified atom stereocenters. The lowest BCUT2D eigenvalue weighted by molar-refractivity contribution is -0.117. The van der Waals surface area contributed by atoms with Crippen LogP contribution in [0.4, 0.5) is 4.39 Å². The van der Waals surface area contributed by atoms with E-state index in [-0.39, 0.29) is 11.9 Å². The molecular weight excluding hydrogens is 317 g/mol. The lowest BCUT2D eigenvalue weighted by atomic mass is 10.2. The van der Waals surface area contributed by atoms with Gasteiger partial charge in [-0.25, -0.2) is 4.39 Å². The molecule has 1 heterocycles. The van der Waals surface area contributed by atoms with Gasteiger partial charge in [-0.3, -0.25) is 14.3 Å². The summed E-state index contributed by atoms with van der Waals surface area (Å²) in [6, 6.07) is 6.06. The lowest BCUT2D eigenvalue weighted by Crippen LogP contribution is -2.23. The van der Waals surface area contributed by atoms with Crippen LogP contribution in [0.3, 0.4) is 0 Å². The van der Waals surface area contributed by atoms with Gasteiger partial charge in [-0.1, -0.05) is 11.8 Å². The van der Waals surface area contributed by atoms with Crippen molar-refractivity contribution < 1.29 is 9.18 Å². The minimum Gasteiger partial charge on any atom is -0.369 e. The van der Waals surface area contributed by atoms with Gasteiger partial charge in [-0.15, -0.1) is 10.2 Å². The number of primary amides is 1. The number of nitrogens with two attached hydrogens (primary N) is 1. The van der Waals surface area contributed by atoms with E-state index in [1.807, 2.05) is 30.5 Å². The molecule has 0 saturated carbocycles. The molecule has 0 spiro atoms. The molecule has 124 valence electrons. The van der Waals surface area contributed by atoms with E-state index < -0.39 is 11.2 Å². The van der Waals surface area contributed by atoms with Gasteiger partial charge < -0.3 is 5.73 Å². The fraction of sp³-hybridized carbons (Fsp3) is 0.400. The fourth-order valence-corrected chi connectivity index (χ4v) is 2.73. The summed E-state index contributed by atoms with van der Waals surface area (Å²) >= 11 is 1.23. The van der Waals surface area contributed by atoms with Crippen molar-refractivity contribution in [2.45, 2.75) is 30.3 Å². The highest BCUT2D eigenvalue weighted by Gasteiger charge is 2.23. The van der Waals surface area contributed by atoms with E-state index in [4.69, 9.17) is 5.73 Å². The highest BCUT2D eigenvalue weighted by molar-refractivity contribution is 8.00. The van der Waals surface area contributed by atoms with Crippen LogP contribution in [0, 0.1) is 5.82 Å². The largest absolute Gasteiger partial charge is 0.369 e. The number of halogens is 1. The number of amides is 1. The van der Waals surface area contributed by atoms with E-state index in [9.17, 15) is 9.18 Å². The van der Waals surface area contributed by atoms with Crippen molar-refractivity contribution >= 4 is 17.7 Å². The molecule has 2 aromatic rings. The first-order valence-electron chi connectivity index (χ1n) is 7.15. The number of carbonyl (C=O) groups is 1. The lowest BCUT2D eigenvalue weighted by Gasteiger charge is -2.20. The van der Waals surface area contributed by atoms with Crippen LogP contribution in [0.1, 0.15) is 25.7 Å². The molecule has 0 aliphatic carbocycles. The summed E-state index contributed by atoms with van der Waals surface area (Å²) in [5.41, 5.74) is 6.07. The SMILES string of the molecule is C[C@H](c1nnc(S[C@H](C)C(N)=O)n1-c1ccc(F)cc1)N(C)C. The van der Waals surface area contributed by atoms with E-state index in [0.717, 1.165) is 5.69 Å². The van der Waals surface area contributed by atoms with Crippen molar-refractivity contribution in [1.82, 2.24) is 19.7 Å². The second-order valence-corrected chi connectivity index (χ2v) is 6.76. The Morgan fingerprint density at radius 3 is 2.39 bits per heavy atom. The molecule has 23 heavy (non-hydrogen) atoms. The average Bonchev–Trinajstić information content (AvgIpc) is 2.90. The number of thioether (sulfide) groups is 1. The average molecular weight is 337 g/mol. The minimum atomic E-state index is -0.444. The first kappa shape index (κ1) is 17.4. The molecule has 2 rings (SSSR count). The molecule has 0 radical (unpaired) electrons. The van der Waals surface area contributed by atoms with Crippen LogP contribution in [0.25, 0.3) is 5.69 Å². The molecule has 2 atom stereocenters. The Hall–Kier alpha value is -1.93. The Morgan fingerprint density at radius 2 is 1.87 bits per heavy atom. The first-order chi connectivity index (χ1) is 10.8. The molecule has 0 aliphatic rings. The third kappa shape index (κ3) is 3.89. The van der Waals surface area contributed by atoms with Gasteiger partial charge in [0.15, 0.2) is 11.0 Å². The van der Waals surface area contributed by atoms with E-state index >= 15 is 0 Å². The highest BCUT2D eigenvalue weighted by Crippen LogP contribution is 2.29. The standard InChI is InChI=1S/C15H20FN5OS/c1-9(20(3)4)14-18-19-15(23-10(2)13(17)22)21(14)12-7-5-11(16)6-8-12/h5-10H,1-4H3,(H2,17,22)/t9-,10-/m1/s1. The fourth-order valence-electron chi connectivity index (χ4n) is 1.91. The monoisotopic (exact) mass is 337 g/mol. The van der Waals surface area contributed by atoms with Crippen LogP contribution in [0.2, 0.25) is 0 Å². The molecule has 0 aliphatic heterocycles. The van der Waals surface area contributed by atoms with Gasteiger partial charge in [0, 0.05) is 5.69 Å². The van der Waals surface area contributed by atoms with Gasteiger partial charge in [0.2, 0.25) is 5.91 Å². The molecule has 0 saturated heterocycles. The van der Waals surface area contributed by atoms with Crippen molar-refractivity contribution in [2.24, 2.45) is 5.73 Å². The molecule has 8 heteroatoms. The molecule has 1 aromatic heterocycles. The number of hydrogen-bond acceptors (Lipinski definition) is 5. The van der Waals surface area contributed by atoms with Crippen LogP contribution in [0.15, 0.2) is 29.4 Å². The van der Waals surface area contributed by atoms with Crippen molar-refractivity contribution in [3.63, 3.8) is 0 Å². The Morgan fingerprint density at radius 1 is 1.26 bits per heavy atom. The maximum absolute atomic E-state index is 13.2. The van der Waals surface area contributed by atoms with Crippen molar-refractivity contribution in [1.29, 1.82) is 0 Å². The van der Waals surface area contributed by atoms with Crippen LogP contribution in [-0.2, 0) is 4.79 Å². The van der Waals surface area contributed by atoms with E-state index in [2.05, 4.69) is 10.2 Å². The molecular formula is C15H20FN5OS. The maximum atomic E-state index is 13.2. The summed E-state index contributed by atoms with van der Waals surface area (Å²) in [5.74, 6) is -0.0321. The zero-order valence-electron chi connectivity index (χ0n) is 13.5. The Labute approximate surface area is 138 Å². The summed E-state index contributed by atoms with van der Waals surface area (Å²) in [5, 5.41) is 8.55. The number of benzene rings is 1. The first-order valence-corrected chi connectivity index (χ1v) is 8.03. The van der Waals surface area contributed by atoms with E-state index in [1.165, 1.54) is 23.9 Å².